The minimum Gasteiger partial charge on any atom is -0.489 e. The second-order valence-corrected chi connectivity index (χ2v) is 5.53. The molecule has 0 spiro atoms. The van der Waals surface area contributed by atoms with Gasteiger partial charge in [-0.3, -0.25) is 0 Å². The lowest BCUT2D eigenvalue weighted by Crippen LogP contribution is -2.19. The fourth-order valence-corrected chi connectivity index (χ4v) is 2.32. The van der Waals surface area contributed by atoms with Gasteiger partial charge in [0.05, 0.1) is 0 Å². The van der Waals surface area contributed by atoms with Gasteiger partial charge in [-0.05, 0) is 50.1 Å². The summed E-state index contributed by atoms with van der Waals surface area (Å²) in [5.41, 5.74) is 3.74. The second-order valence-electron chi connectivity index (χ2n) is 5.53. The molecule has 0 aliphatic rings. The van der Waals surface area contributed by atoms with E-state index in [4.69, 9.17) is 4.74 Å². The average Bonchev–Trinajstić information content (AvgIpc) is 2.51. The van der Waals surface area contributed by atoms with E-state index in [2.05, 4.69) is 68.6 Å². The predicted octanol–water partition coefficient (Wildman–Crippen LogP) is 4.63. The Balaban J connectivity index is 1.97. The molecule has 112 valence electrons. The topological polar surface area (TPSA) is 21.3 Å². The van der Waals surface area contributed by atoms with E-state index in [-0.39, 0.29) is 0 Å². The molecule has 0 amide bonds. The van der Waals surface area contributed by atoms with Crippen LogP contribution in [-0.4, -0.2) is 6.54 Å². The zero-order chi connectivity index (χ0) is 15.1. The Hall–Kier alpha value is -1.80. The van der Waals surface area contributed by atoms with Crippen LogP contribution in [-0.2, 0) is 6.61 Å². The van der Waals surface area contributed by atoms with Gasteiger partial charge < -0.3 is 10.1 Å². The zero-order valence-electron chi connectivity index (χ0n) is 13.2. The first-order chi connectivity index (χ1) is 10.2. The summed E-state index contributed by atoms with van der Waals surface area (Å²) in [6.07, 6.45) is 1.15. The molecule has 2 rings (SSSR count). The fraction of sp³-hybridized carbons (Fsp3) is 0.368. The normalized spacial score (nSPS) is 12.1. The largest absolute Gasteiger partial charge is 0.489 e. The monoisotopic (exact) mass is 283 g/mol. The van der Waals surface area contributed by atoms with Crippen molar-refractivity contribution in [3.05, 3.63) is 65.2 Å². The maximum absolute atomic E-state index is 5.91. The molecular weight excluding hydrogens is 258 g/mol. The Bertz CT molecular complexity index is 565. The van der Waals surface area contributed by atoms with Crippen LogP contribution in [0.15, 0.2) is 48.5 Å². The van der Waals surface area contributed by atoms with E-state index in [0.717, 1.165) is 18.7 Å². The van der Waals surface area contributed by atoms with E-state index < -0.39 is 0 Å². The van der Waals surface area contributed by atoms with Crippen molar-refractivity contribution in [3.63, 3.8) is 0 Å². The van der Waals surface area contributed by atoms with Crippen LogP contribution in [0.1, 0.15) is 43.0 Å². The first-order valence-electron chi connectivity index (χ1n) is 7.70. The molecule has 1 atom stereocenters. The SMILES string of the molecule is CCCNC(C)c1cccc(OCc2cccc(C)c2)c1. The average molecular weight is 283 g/mol. The Morgan fingerprint density at radius 3 is 2.67 bits per heavy atom. The van der Waals surface area contributed by atoms with Gasteiger partial charge in [-0.15, -0.1) is 0 Å². The molecule has 0 aliphatic heterocycles. The van der Waals surface area contributed by atoms with E-state index in [1.165, 1.54) is 16.7 Å². The summed E-state index contributed by atoms with van der Waals surface area (Å²) in [6, 6.07) is 17.1. The first kappa shape index (κ1) is 15.6. The molecule has 0 aromatic heterocycles. The van der Waals surface area contributed by atoms with Crippen molar-refractivity contribution in [3.8, 4) is 5.75 Å². The smallest absolute Gasteiger partial charge is 0.120 e. The van der Waals surface area contributed by atoms with Gasteiger partial charge >= 0.3 is 0 Å². The molecule has 0 radical (unpaired) electrons. The van der Waals surface area contributed by atoms with E-state index in [1.807, 2.05) is 6.07 Å². The van der Waals surface area contributed by atoms with Gasteiger partial charge in [0.15, 0.2) is 0 Å². The highest BCUT2D eigenvalue weighted by molar-refractivity contribution is 5.31. The lowest BCUT2D eigenvalue weighted by molar-refractivity contribution is 0.305. The maximum Gasteiger partial charge on any atom is 0.120 e. The predicted molar refractivity (Wildman–Crippen MR) is 88.7 cm³/mol. The zero-order valence-corrected chi connectivity index (χ0v) is 13.2. The Labute approximate surface area is 128 Å². The van der Waals surface area contributed by atoms with E-state index >= 15 is 0 Å². The van der Waals surface area contributed by atoms with E-state index in [9.17, 15) is 0 Å². The molecule has 2 heteroatoms. The van der Waals surface area contributed by atoms with E-state index in [0.29, 0.717) is 12.6 Å². The highest BCUT2D eigenvalue weighted by Gasteiger charge is 2.05. The molecule has 0 heterocycles. The molecular formula is C19H25NO. The number of benzene rings is 2. The van der Waals surface area contributed by atoms with Crippen molar-refractivity contribution in [2.75, 3.05) is 6.54 Å². The molecule has 0 saturated heterocycles. The Morgan fingerprint density at radius 2 is 1.90 bits per heavy atom. The van der Waals surface area contributed by atoms with Gasteiger partial charge in [-0.1, -0.05) is 48.9 Å². The molecule has 2 aromatic rings. The standard InChI is InChI=1S/C19H25NO/c1-4-11-20-16(3)18-9-6-10-19(13-18)21-14-17-8-5-7-15(2)12-17/h5-10,12-13,16,20H,4,11,14H2,1-3H3. The number of ether oxygens (including phenoxy) is 1. The third-order valence-electron chi connectivity index (χ3n) is 3.55. The van der Waals surface area contributed by atoms with Gasteiger partial charge in [-0.25, -0.2) is 0 Å². The van der Waals surface area contributed by atoms with Gasteiger partial charge in [0, 0.05) is 6.04 Å². The van der Waals surface area contributed by atoms with Gasteiger partial charge in [-0.2, -0.15) is 0 Å². The third-order valence-corrected chi connectivity index (χ3v) is 3.55. The molecule has 0 bridgehead atoms. The quantitative estimate of drug-likeness (QED) is 0.799. The van der Waals surface area contributed by atoms with Crippen molar-refractivity contribution < 1.29 is 4.74 Å². The van der Waals surface area contributed by atoms with Gasteiger partial charge in [0.25, 0.3) is 0 Å². The molecule has 1 unspecified atom stereocenters. The molecule has 0 fully saturated rings. The highest BCUT2D eigenvalue weighted by atomic mass is 16.5. The lowest BCUT2D eigenvalue weighted by atomic mass is 10.1. The number of rotatable bonds is 7. The molecule has 21 heavy (non-hydrogen) atoms. The van der Waals surface area contributed by atoms with Crippen LogP contribution in [0.4, 0.5) is 0 Å². The van der Waals surface area contributed by atoms with Crippen molar-refractivity contribution in [1.29, 1.82) is 0 Å². The number of nitrogens with one attached hydrogen (secondary N) is 1. The Kier molecular flexibility index (Phi) is 5.82. The summed E-state index contributed by atoms with van der Waals surface area (Å²) >= 11 is 0. The van der Waals surface area contributed by atoms with Crippen molar-refractivity contribution in [2.24, 2.45) is 0 Å². The summed E-state index contributed by atoms with van der Waals surface area (Å²) in [4.78, 5) is 0. The van der Waals surface area contributed by atoms with Gasteiger partial charge in [0.2, 0.25) is 0 Å². The molecule has 1 N–H and O–H groups in total. The summed E-state index contributed by atoms with van der Waals surface area (Å²) in [6.45, 7) is 8.12. The van der Waals surface area contributed by atoms with Gasteiger partial charge in [0.1, 0.15) is 12.4 Å². The summed E-state index contributed by atoms with van der Waals surface area (Å²) in [5.74, 6) is 0.930. The van der Waals surface area contributed by atoms with Crippen molar-refractivity contribution in [1.82, 2.24) is 5.32 Å². The highest BCUT2D eigenvalue weighted by Crippen LogP contribution is 2.20. The van der Waals surface area contributed by atoms with E-state index in [1.54, 1.807) is 0 Å². The molecule has 0 saturated carbocycles. The molecule has 2 nitrogen and oxygen atoms in total. The van der Waals surface area contributed by atoms with Crippen LogP contribution < -0.4 is 10.1 Å². The van der Waals surface area contributed by atoms with Crippen LogP contribution in [0.25, 0.3) is 0 Å². The molecule has 0 aliphatic carbocycles. The van der Waals surface area contributed by atoms with Crippen molar-refractivity contribution >= 4 is 0 Å². The summed E-state index contributed by atoms with van der Waals surface area (Å²) in [5, 5.41) is 3.50. The Morgan fingerprint density at radius 1 is 1.10 bits per heavy atom. The number of hydrogen-bond acceptors (Lipinski definition) is 2. The second kappa shape index (κ2) is 7.84. The first-order valence-corrected chi connectivity index (χ1v) is 7.70. The maximum atomic E-state index is 5.91. The molecule has 2 aromatic carbocycles. The number of hydrogen-bond donors (Lipinski definition) is 1. The van der Waals surface area contributed by atoms with Crippen LogP contribution in [0.5, 0.6) is 5.75 Å². The van der Waals surface area contributed by atoms with Crippen molar-refractivity contribution in [2.45, 2.75) is 39.8 Å². The fourth-order valence-electron chi connectivity index (χ4n) is 2.32. The lowest BCUT2D eigenvalue weighted by Gasteiger charge is -2.15. The van der Waals surface area contributed by atoms with Crippen LogP contribution in [0.2, 0.25) is 0 Å². The van der Waals surface area contributed by atoms with Crippen LogP contribution >= 0.6 is 0 Å². The van der Waals surface area contributed by atoms with Crippen LogP contribution in [0, 0.1) is 6.92 Å². The summed E-state index contributed by atoms with van der Waals surface area (Å²) < 4.78 is 5.91. The van der Waals surface area contributed by atoms with Crippen LogP contribution in [0.3, 0.4) is 0 Å². The number of aryl methyl sites for hydroxylation is 1. The minimum absolute atomic E-state index is 0.354. The third kappa shape index (κ3) is 4.91. The summed E-state index contributed by atoms with van der Waals surface area (Å²) in [7, 11) is 0. The minimum atomic E-state index is 0.354.